The van der Waals surface area contributed by atoms with Crippen molar-refractivity contribution in [3.8, 4) is 11.5 Å². The lowest BCUT2D eigenvalue weighted by Gasteiger charge is -2.46. The maximum Gasteiger partial charge on any atom is 0.127 e. The highest BCUT2D eigenvalue weighted by Gasteiger charge is 2.45. The first-order valence-electron chi connectivity index (χ1n) is 19.4. The van der Waals surface area contributed by atoms with Crippen LogP contribution in [0.2, 0.25) is 0 Å². The fraction of sp³-hybridized carbons (Fsp3) is 0.619. The minimum absolute atomic E-state index is 0.0875. The summed E-state index contributed by atoms with van der Waals surface area (Å²) >= 11 is 0. The van der Waals surface area contributed by atoms with Gasteiger partial charge in [0.1, 0.15) is 17.1 Å². The summed E-state index contributed by atoms with van der Waals surface area (Å²) in [4.78, 5) is 0. The molecule has 1 aromatic carbocycles. The van der Waals surface area contributed by atoms with Crippen LogP contribution < -0.4 is 4.74 Å². The molecule has 1 aliphatic carbocycles. The van der Waals surface area contributed by atoms with Crippen molar-refractivity contribution >= 4 is 0 Å². The van der Waals surface area contributed by atoms with Gasteiger partial charge in [-0.05, 0) is 63.8 Å². The Balaban J connectivity index is 2.68. The summed E-state index contributed by atoms with van der Waals surface area (Å²) in [7, 11) is 0. The summed E-state index contributed by atoms with van der Waals surface area (Å²) in [5, 5.41) is 11.3. The number of rotatable bonds is 4. The Morgan fingerprint density at radius 1 is 1.57 bits per heavy atom. The molecule has 1 N–H and O–H groups in total. The molecule has 2 aliphatic rings. The van der Waals surface area contributed by atoms with Gasteiger partial charge in [-0.1, -0.05) is 31.2 Å². The zero-order chi connectivity index (χ0) is 39.2. The summed E-state index contributed by atoms with van der Waals surface area (Å²) in [6.07, 6.45) is -22.1. The molecule has 1 aliphatic heterocycles. The molecule has 1 heterocycles. The fourth-order valence-electron chi connectivity index (χ4n) is 2.28. The van der Waals surface area contributed by atoms with E-state index in [9.17, 15) is 7.85 Å². The van der Waals surface area contributed by atoms with E-state index in [4.69, 9.17) is 37.6 Å². The van der Waals surface area contributed by atoms with E-state index in [-0.39, 0.29) is 6.07 Å². The van der Waals surface area contributed by atoms with Crippen LogP contribution in [0, 0.1) is 5.89 Å². The lowest BCUT2D eigenvalue weighted by Crippen LogP contribution is -2.45. The Hall–Kier alpha value is -1.44. The molecule has 0 spiro atoms. The molecule has 2 heteroatoms. The van der Waals surface area contributed by atoms with Gasteiger partial charge in [-0.25, -0.2) is 0 Å². The van der Waals surface area contributed by atoms with Crippen molar-refractivity contribution in [2.75, 3.05) is 0 Å². The summed E-state index contributed by atoms with van der Waals surface area (Å²) in [5.41, 5.74) is -8.56. The molecule has 0 radical (unpaired) electrons. The van der Waals surface area contributed by atoms with Gasteiger partial charge in [-0.3, -0.25) is 0 Å². The lowest BCUT2D eigenvalue weighted by atomic mass is 9.68. The molecule has 0 amide bonds. The third-order valence-corrected chi connectivity index (χ3v) is 3.16. The van der Waals surface area contributed by atoms with Gasteiger partial charge >= 0.3 is 0 Å². The monoisotopic (exact) mass is 340 g/mol. The number of aryl methyl sites for hydroxylation is 1. The highest BCUT2D eigenvalue weighted by molar-refractivity contribution is 5.53. The molecule has 0 saturated carbocycles. The summed E-state index contributed by atoms with van der Waals surface area (Å²) < 4.78 is 219. The van der Waals surface area contributed by atoms with E-state index < -0.39 is 123 Å². The van der Waals surface area contributed by atoms with Crippen LogP contribution in [0.4, 0.5) is 0 Å². The Morgan fingerprint density at radius 3 is 3.26 bits per heavy atom. The van der Waals surface area contributed by atoms with E-state index in [1.807, 2.05) is 0 Å². The van der Waals surface area contributed by atoms with Gasteiger partial charge in [0, 0.05) is 50.2 Å². The standard InChI is InChI=1S/C21H30O2/c1-5-6-7-8-15-12-18(22)20-16-11-14(2)9-10-17(16)21(3,4)23-19(20)13-15/h11-13,16-17,22H,5-10H2,1-4H3/t16-,17-/m1/s1/i1D3,2D3,3D3,4D3,5D2,6D2,7D2,8D2,10D2,11D,13D,16D,17D. The topological polar surface area (TPSA) is 29.5 Å². The quantitative estimate of drug-likeness (QED) is 0.709. The number of allylic oxidation sites excluding steroid dienone is 2. The number of fused-ring (bicyclic) bond motifs is 3. The van der Waals surface area contributed by atoms with E-state index in [2.05, 4.69) is 0 Å². The summed E-state index contributed by atoms with van der Waals surface area (Å²) in [6.45, 7) is -15.8. The van der Waals surface area contributed by atoms with Crippen LogP contribution in [0.3, 0.4) is 0 Å². The maximum absolute atomic E-state index is 11.3. The lowest BCUT2D eigenvalue weighted by molar-refractivity contribution is 0.0107. The van der Waals surface area contributed by atoms with E-state index >= 15 is 0 Å². The van der Waals surface area contributed by atoms with Gasteiger partial charge in [-0.15, -0.1) is 0 Å². The van der Waals surface area contributed by atoms with Gasteiger partial charge in [0.05, 0.1) is 2.74 Å². The number of aromatic hydroxyl groups is 1. The van der Waals surface area contributed by atoms with Crippen LogP contribution in [-0.4, -0.2) is 10.7 Å². The van der Waals surface area contributed by atoms with Gasteiger partial charge in [0.25, 0.3) is 0 Å². The molecular formula is C21H30O2. The van der Waals surface area contributed by atoms with E-state index in [1.165, 1.54) is 0 Å². The first kappa shape index (κ1) is 3.71. The fourth-order valence-corrected chi connectivity index (χ4v) is 2.28. The molecule has 0 saturated heterocycles. The van der Waals surface area contributed by atoms with Crippen molar-refractivity contribution in [1.29, 1.82) is 0 Å². The van der Waals surface area contributed by atoms with Crippen molar-refractivity contribution in [3.05, 3.63) is 34.9 Å². The first-order valence-corrected chi connectivity index (χ1v) is 6.42. The number of hydrogen-bond donors (Lipinski definition) is 1. The van der Waals surface area contributed by atoms with Crippen molar-refractivity contribution in [1.82, 2.24) is 0 Å². The molecule has 23 heavy (non-hydrogen) atoms. The Kier molecular flexibility index (Phi) is 1.00. The van der Waals surface area contributed by atoms with Gasteiger partial charge < -0.3 is 9.84 Å². The zero-order valence-corrected chi connectivity index (χ0v) is 11.6. The van der Waals surface area contributed by atoms with Gasteiger partial charge in [0.2, 0.25) is 0 Å². The number of hydrogen-bond acceptors (Lipinski definition) is 2. The molecule has 1 aromatic rings. The highest BCUT2D eigenvalue weighted by atomic mass is 16.5. The van der Waals surface area contributed by atoms with Crippen LogP contribution in [0.15, 0.2) is 23.7 Å². The Labute approximate surface area is 177 Å². The zero-order valence-electron chi connectivity index (χ0n) is 37.6. The molecule has 0 fully saturated rings. The smallest absolute Gasteiger partial charge is 0.127 e. The molecule has 3 rings (SSSR count). The predicted molar refractivity (Wildman–Crippen MR) is 95.3 cm³/mol. The highest BCUT2D eigenvalue weighted by Crippen LogP contribution is 2.53. The Morgan fingerprint density at radius 2 is 2.48 bits per heavy atom. The van der Waals surface area contributed by atoms with Crippen LogP contribution in [0.1, 0.15) is 112 Å². The summed E-state index contributed by atoms with van der Waals surface area (Å²) in [5.74, 6) is -11.3. The first-order chi connectivity index (χ1) is 21.1. The van der Waals surface area contributed by atoms with Crippen LogP contribution in [0.25, 0.3) is 0 Å². The number of benzene rings is 1. The molecule has 2 atom stereocenters. The maximum atomic E-state index is 11.3. The number of phenols is 1. The SMILES string of the molecule is [2H]C1=C(C([2H])([2H])[2H])CC([2H])([2H])[C@@]2([2H])C(C([2H])([2H])[2H])(C([2H])([2H])[2H])Oc3c([2H])c(C([2H])([2H])C([2H])([2H])C([2H])([2H])C([2H])([2H])C([2H])([2H])[2H])cc(O)c3[C@]12[2H]. The Bertz CT molecular complexity index is 1540. The van der Waals surface area contributed by atoms with Crippen molar-refractivity contribution in [2.24, 2.45) is 5.89 Å². The van der Waals surface area contributed by atoms with E-state index in [0.29, 0.717) is 0 Å². The second kappa shape index (κ2) is 6.22. The van der Waals surface area contributed by atoms with Crippen LogP contribution >= 0.6 is 0 Å². The number of phenolic OH excluding ortho intramolecular Hbond substituents is 1. The second-order valence-electron chi connectivity index (χ2n) is 4.76. The average molecular weight is 341 g/mol. The van der Waals surface area contributed by atoms with Gasteiger partial charge in [-0.2, -0.15) is 0 Å². The molecule has 2 nitrogen and oxygen atoms in total. The van der Waals surface area contributed by atoms with E-state index in [1.54, 1.807) is 0 Å². The predicted octanol–water partition coefficient (Wildman–Crippen LogP) is 5.74. The van der Waals surface area contributed by atoms with E-state index in [0.717, 1.165) is 0 Å². The van der Waals surface area contributed by atoms with Crippen LogP contribution in [-0.2, 0) is 6.37 Å². The second-order valence-corrected chi connectivity index (χ2v) is 4.76. The minimum Gasteiger partial charge on any atom is -0.507 e. The summed E-state index contributed by atoms with van der Waals surface area (Å²) in [6, 6.07) is -3.18. The van der Waals surface area contributed by atoms with Crippen LogP contribution in [0.5, 0.6) is 11.5 Å². The van der Waals surface area contributed by atoms with Gasteiger partial charge in [0.15, 0.2) is 0 Å². The number of ether oxygens (including phenoxy) is 1. The third kappa shape index (κ3) is 3.13. The van der Waals surface area contributed by atoms with Crippen molar-refractivity contribution in [2.45, 2.75) is 77.2 Å². The molecule has 0 bridgehead atoms. The van der Waals surface area contributed by atoms with Crippen molar-refractivity contribution < 1.29 is 45.5 Å². The molecule has 0 unspecified atom stereocenters. The molecular weight excluding hydrogens is 284 g/mol. The average Bonchev–Trinajstić information content (AvgIpc) is 2.86. The third-order valence-electron chi connectivity index (χ3n) is 3.16. The largest absolute Gasteiger partial charge is 0.507 e. The van der Waals surface area contributed by atoms with Crippen molar-refractivity contribution in [3.63, 3.8) is 0 Å². The molecule has 0 aromatic heterocycles. The molecule has 126 valence electrons. The normalized spacial score (nSPS) is 55.5. The minimum atomic E-state index is -4.34.